The molecule has 0 unspecified atom stereocenters. The molecule has 0 aromatic carbocycles. The van der Waals surface area contributed by atoms with E-state index in [0.717, 1.165) is 0 Å². The van der Waals surface area contributed by atoms with E-state index >= 15 is 0 Å². The molecule has 0 saturated heterocycles. The Morgan fingerprint density at radius 2 is 1.92 bits per heavy atom. The molecule has 6 heteroatoms. The second-order valence-corrected chi connectivity index (χ2v) is 2.07. The minimum Gasteiger partial charge on any atom is -0.461 e. The van der Waals surface area contributed by atoms with Gasteiger partial charge in [0.25, 0.3) is 0 Å². The number of carbonyl (C=O) groups is 2. The summed E-state index contributed by atoms with van der Waals surface area (Å²) in [6.45, 7) is 2.97. The van der Waals surface area contributed by atoms with Crippen LogP contribution in [0.15, 0.2) is 12.7 Å². The van der Waals surface area contributed by atoms with E-state index in [1.807, 2.05) is 0 Å². The number of ketones is 1. The number of hydrogen-bond acceptors (Lipinski definition) is 3. The van der Waals surface area contributed by atoms with Crippen LogP contribution in [0.5, 0.6) is 0 Å². The molecule has 0 N–H and O–H groups in total. The number of Topliss-reactive ketones (excluding diaryl/α,β-unsaturated/α-hetero) is 1. The number of esters is 1. The maximum Gasteiger partial charge on any atom is 0.450 e. The molecule has 0 saturated carbocycles. The molecule has 13 heavy (non-hydrogen) atoms. The van der Waals surface area contributed by atoms with Crippen LogP contribution in [-0.2, 0) is 14.3 Å². The van der Waals surface area contributed by atoms with Crippen LogP contribution in [0, 0.1) is 0 Å². The van der Waals surface area contributed by atoms with Gasteiger partial charge in [0.15, 0.2) is 0 Å². The number of alkyl halides is 3. The Labute approximate surface area is 72.2 Å². The number of carbonyl (C=O) groups excluding carboxylic acids is 2. The van der Waals surface area contributed by atoms with Crippen LogP contribution in [0.25, 0.3) is 0 Å². The van der Waals surface area contributed by atoms with Gasteiger partial charge in [-0.2, -0.15) is 13.2 Å². The van der Waals surface area contributed by atoms with Gasteiger partial charge in [-0.1, -0.05) is 12.7 Å². The average Bonchev–Trinajstić information content (AvgIpc) is 1.99. The predicted octanol–water partition coefficient (Wildman–Crippen LogP) is 1.24. The van der Waals surface area contributed by atoms with E-state index in [2.05, 4.69) is 11.3 Å². The summed E-state index contributed by atoms with van der Waals surface area (Å²) < 4.78 is 38.8. The molecule has 0 aromatic rings. The number of hydrogen-bond donors (Lipinski definition) is 0. The molecule has 0 aliphatic heterocycles. The first-order valence-electron chi connectivity index (χ1n) is 3.24. The molecule has 0 aliphatic rings. The van der Waals surface area contributed by atoms with Crippen LogP contribution >= 0.6 is 0 Å². The maximum atomic E-state index is 11.6. The highest BCUT2D eigenvalue weighted by molar-refractivity contribution is 5.98. The molecule has 0 fully saturated rings. The first-order valence-corrected chi connectivity index (χ1v) is 3.24. The SMILES string of the molecule is C=CCOC(=O)CC(=O)C(F)(F)F. The Balaban J connectivity index is 3.93. The molecule has 0 atom stereocenters. The van der Waals surface area contributed by atoms with Gasteiger partial charge in [-0.15, -0.1) is 0 Å². The van der Waals surface area contributed by atoms with Crippen LogP contribution in [-0.4, -0.2) is 24.5 Å². The zero-order valence-corrected chi connectivity index (χ0v) is 6.56. The first-order chi connectivity index (χ1) is 5.88. The summed E-state index contributed by atoms with van der Waals surface area (Å²) in [6.07, 6.45) is -5.07. The van der Waals surface area contributed by atoms with Crippen molar-refractivity contribution < 1.29 is 27.5 Å². The maximum absolute atomic E-state index is 11.6. The summed E-state index contributed by atoms with van der Waals surface area (Å²) in [4.78, 5) is 20.7. The Hall–Kier alpha value is -1.33. The zero-order chi connectivity index (χ0) is 10.5. The molecule has 0 radical (unpaired) electrons. The fourth-order valence-electron chi connectivity index (χ4n) is 0.434. The van der Waals surface area contributed by atoms with Gasteiger partial charge in [0.1, 0.15) is 13.0 Å². The van der Waals surface area contributed by atoms with Crippen molar-refractivity contribution in [1.82, 2.24) is 0 Å². The quantitative estimate of drug-likeness (QED) is 0.386. The highest BCUT2D eigenvalue weighted by atomic mass is 19.4. The second-order valence-electron chi connectivity index (χ2n) is 2.07. The molecule has 0 bridgehead atoms. The second kappa shape index (κ2) is 4.64. The lowest BCUT2D eigenvalue weighted by atomic mass is 10.3. The fourth-order valence-corrected chi connectivity index (χ4v) is 0.434. The average molecular weight is 196 g/mol. The van der Waals surface area contributed by atoms with Crippen molar-refractivity contribution in [2.45, 2.75) is 12.6 Å². The van der Waals surface area contributed by atoms with Gasteiger partial charge in [0.2, 0.25) is 5.78 Å². The molecule has 0 aromatic heterocycles. The first kappa shape index (κ1) is 11.7. The lowest BCUT2D eigenvalue weighted by Gasteiger charge is -2.04. The third kappa shape index (κ3) is 5.00. The van der Waals surface area contributed by atoms with Crippen LogP contribution in [0.4, 0.5) is 13.2 Å². The predicted molar refractivity (Wildman–Crippen MR) is 36.8 cm³/mol. The monoisotopic (exact) mass is 196 g/mol. The zero-order valence-electron chi connectivity index (χ0n) is 6.56. The summed E-state index contributed by atoms with van der Waals surface area (Å²) in [5, 5.41) is 0. The van der Waals surface area contributed by atoms with Gasteiger partial charge in [-0.3, -0.25) is 9.59 Å². The van der Waals surface area contributed by atoms with E-state index in [4.69, 9.17) is 0 Å². The standard InChI is InChI=1S/C7H7F3O3/c1-2-3-13-6(12)4-5(11)7(8,9)10/h2H,1,3-4H2. The van der Waals surface area contributed by atoms with Crippen LogP contribution in [0.2, 0.25) is 0 Å². The van der Waals surface area contributed by atoms with Gasteiger partial charge >= 0.3 is 12.1 Å². The van der Waals surface area contributed by atoms with Gasteiger partial charge in [0, 0.05) is 0 Å². The molecule has 3 nitrogen and oxygen atoms in total. The van der Waals surface area contributed by atoms with Gasteiger partial charge in [0.05, 0.1) is 0 Å². The van der Waals surface area contributed by atoms with Crippen molar-refractivity contribution >= 4 is 11.8 Å². The molecule has 0 heterocycles. The topological polar surface area (TPSA) is 43.4 Å². The third-order valence-corrected chi connectivity index (χ3v) is 0.983. The Morgan fingerprint density at radius 3 is 2.31 bits per heavy atom. The minimum absolute atomic E-state index is 0.204. The molecule has 74 valence electrons. The van der Waals surface area contributed by atoms with Crippen LogP contribution in [0.1, 0.15) is 6.42 Å². The summed E-state index contributed by atoms with van der Waals surface area (Å²) >= 11 is 0. The smallest absolute Gasteiger partial charge is 0.450 e. The van der Waals surface area contributed by atoms with E-state index in [-0.39, 0.29) is 6.61 Å². The van der Waals surface area contributed by atoms with Crippen molar-refractivity contribution in [3.63, 3.8) is 0 Å². The number of halogens is 3. The molecule has 0 spiro atoms. The van der Waals surface area contributed by atoms with E-state index in [9.17, 15) is 22.8 Å². The number of rotatable bonds is 4. The van der Waals surface area contributed by atoms with Crippen molar-refractivity contribution in [2.75, 3.05) is 6.61 Å². The molecule has 0 aliphatic carbocycles. The van der Waals surface area contributed by atoms with Gasteiger partial charge < -0.3 is 4.74 Å². The van der Waals surface area contributed by atoms with E-state index < -0.39 is 24.3 Å². The molecule has 0 rings (SSSR count). The Kier molecular flexibility index (Phi) is 4.16. The van der Waals surface area contributed by atoms with Crippen LogP contribution in [0.3, 0.4) is 0 Å². The lowest BCUT2D eigenvalue weighted by Crippen LogP contribution is -2.26. The largest absolute Gasteiger partial charge is 0.461 e. The minimum atomic E-state index is -4.98. The summed E-state index contributed by atoms with van der Waals surface area (Å²) in [5.74, 6) is -3.32. The lowest BCUT2D eigenvalue weighted by molar-refractivity contribution is -0.174. The van der Waals surface area contributed by atoms with E-state index in [1.54, 1.807) is 0 Å². The normalized spacial score (nSPS) is 10.7. The molecule has 0 amide bonds. The fraction of sp³-hybridized carbons (Fsp3) is 0.429. The highest BCUT2D eigenvalue weighted by Gasteiger charge is 2.39. The van der Waals surface area contributed by atoms with E-state index in [0.29, 0.717) is 0 Å². The Bertz CT molecular complexity index is 220. The summed E-state index contributed by atoms with van der Waals surface area (Å²) in [6, 6.07) is 0. The summed E-state index contributed by atoms with van der Waals surface area (Å²) in [7, 11) is 0. The van der Waals surface area contributed by atoms with Crippen molar-refractivity contribution in [2.24, 2.45) is 0 Å². The van der Waals surface area contributed by atoms with Crippen molar-refractivity contribution in [1.29, 1.82) is 0 Å². The number of ether oxygens (including phenoxy) is 1. The third-order valence-electron chi connectivity index (χ3n) is 0.983. The van der Waals surface area contributed by atoms with E-state index in [1.165, 1.54) is 6.08 Å². The highest BCUT2D eigenvalue weighted by Crippen LogP contribution is 2.17. The Morgan fingerprint density at radius 1 is 1.38 bits per heavy atom. The van der Waals surface area contributed by atoms with Gasteiger partial charge in [-0.05, 0) is 0 Å². The van der Waals surface area contributed by atoms with Crippen molar-refractivity contribution in [3.05, 3.63) is 12.7 Å². The van der Waals surface area contributed by atoms with Crippen LogP contribution < -0.4 is 0 Å². The summed E-state index contributed by atoms with van der Waals surface area (Å²) in [5.41, 5.74) is 0. The van der Waals surface area contributed by atoms with Crippen molar-refractivity contribution in [3.8, 4) is 0 Å². The molecular weight excluding hydrogens is 189 g/mol. The molecular formula is C7H7F3O3. The van der Waals surface area contributed by atoms with Gasteiger partial charge in [-0.25, -0.2) is 0 Å².